The van der Waals surface area contributed by atoms with E-state index in [0.717, 1.165) is 35.9 Å². The van der Waals surface area contributed by atoms with Crippen molar-refractivity contribution in [2.45, 2.75) is 31.7 Å². The molecule has 2 aromatic rings. The van der Waals surface area contributed by atoms with E-state index < -0.39 is 0 Å². The Morgan fingerprint density at radius 3 is 2.87 bits per heavy atom. The second-order valence-electron chi connectivity index (χ2n) is 6.39. The summed E-state index contributed by atoms with van der Waals surface area (Å²) < 4.78 is 11.1. The zero-order valence-electron chi connectivity index (χ0n) is 13.3. The van der Waals surface area contributed by atoms with E-state index in [0.29, 0.717) is 18.6 Å². The van der Waals surface area contributed by atoms with Gasteiger partial charge < -0.3 is 14.8 Å². The SMILES string of the molecule is COc1ccc2c(c1)OCC(Cc1ccc(NC3CC3)nn1)C2. The maximum atomic E-state index is 5.89. The fraction of sp³-hybridized carbons (Fsp3) is 0.444. The monoisotopic (exact) mass is 311 g/mol. The molecule has 120 valence electrons. The maximum Gasteiger partial charge on any atom is 0.148 e. The summed E-state index contributed by atoms with van der Waals surface area (Å²) in [5.74, 6) is 3.10. The summed E-state index contributed by atoms with van der Waals surface area (Å²) in [7, 11) is 1.67. The summed E-state index contributed by atoms with van der Waals surface area (Å²) in [5.41, 5.74) is 2.26. The van der Waals surface area contributed by atoms with Crippen LogP contribution < -0.4 is 14.8 Å². The predicted octanol–water partition coefficient (Wildman–Crippen LogP) is 2.85. The van der Waals surface area contributed by atoms with Crippen LogP contribution in [0.25, 0.3) is 0 Å². The first-order chi connectivity index (χ1) is 11.3. The fourth-order valence-electron chi connectivity index (χ4n) is 2.95. The Hall–Kier alpha value is -2.30. The quantitative estimate of drug-likeness (QED) is 0.920. The first kappa shape index (κ1) is 14.3. The Bertz CT molecular complexity index is 683. The van der Waals surface area contributed by atoms with E-state index in [9.17, 15) is 0 Å². The number of fused-ring (bicyclic) bond motifs is 1. The number of ether oxygens (including phenoxy) is 2. The van der Waals surface area contributed by atoms with Crippen LogP contribution >= 0.6 is 0 Å². The maximum absolute atomic E-state index is 5.89. The van der Waals surface area contributed by atoms with Gasteiger partial charge in [0, 0.05) is 18.0 Å². The van der Waals surface area contributed by atoms with Crippen LogP contribution in [0.4, 0.5) is 5.82 Å². The zero-order chi connectivity index (χ0) is 15.6. The van der Waals surface area contributed by atoms with Crippen LogP contribution in [0.1, 0.15) is 24.1 Å². The Labute approximate surface area is 136 Å². The van der Waals surface area contributed by atoms with Gasteiger partial charge in [-0.25, -0.2) is 0 Å². The minimum atomic E-state index is 0.437. The van der Waals surface area contributed by atoms with Gasteiger partial charge >= 0.3 is 0 Å². The fourth-order valence-corrected chi connectivity index (χ4v) is 2.95. The van der Waals surface area contributed by atoms with Crippen LogP contribution in [-0.2, 0) is 12.8 Å². The summed E-state index contributed by atoms with van der Waals surface area (Å²) in [6.45, 7) is 0.712. The third kappa shape index (κ3) is 3.38. The minimum absolute atomic E-state index is 0.437. The molecule has 5 nitrogen and oxygen atoms in total. The highest BCUT2D eigenvalue weighted by molar-refractivity contribution is 5.42. The minimum Gasteiger partial charge on any atom is -0.497 e. The molecular weight excluding hydrogens is 290 g/mol. The largest absolute Gasteiger partial charge is 0.497 e. The van der Waals surface area contributed by atoms with Crippen molar-refractivity contribution in [3.63, 3.8) is 0 Å². The van der Waals surface area contributed by atoms with E-state index in [1.807, 2.05) is 18.2 Å². The predicted molar refractivity (Wildman–Crippen MR) is 88.1 cm³/mol. The van der Waals surface area contributed by atoms with Crippen molar-refractivity contribution in [2.24, 2.45) is 5.92 Å². The van der Waals surface area contributed by atoms with Crippen LogP contribution in [0.2, 0.25) is 0 Å². The molecule has 4 rings (SSSR count). The first-order valence-electron chi connectivity index (χ1n) is 8.19. The van der Waals surface area contributed by atoms with Crippen LogP contribution in [-0.4, -0.2) is 30.0 Å². The zero-order valence-corrected chi connectivity index (χ0v) is 13.3. The third-order valence-electron chi connectivity index (χ3n) is 4.40. The lowest BCUT2D eigenvalue weighted by Crippen LogP contribution is -2.23. The number of nitrogens with zero attached hydrogens (tertiary/aromatic N) is 2. The molecule has 1 N–H and O–H groups in total. The molecule has 23 heavy (non-hydrogen) atoms. The van der Waals surface area contributed by atoms with Crippen molar-refractivity contribution in [3.05, 3.63) is 41.6 Å². The highest BCUT2D eigenvalue weighted by Gasteiger charge is 2.23. The summed E-state index contributed by atoms with van der Waals surface area (Å²) >= 11 is 0. The number of anilines is 1. The summed E-state index contributed by atoms with van der Waals surface area (Å²) in [5, 5.41) is 12.0. The number of benzene rings is 1. The molecule has 0 saturated heterocycles. The number of methoxy groups -OCH3 is 1. The van der Waals surface area contributed by atoms with Crippen molar-refractivity contribution < 1.29 is 9.47 Å². The van der Waals surface area contributed by atoms with Gasteiger partial charge in [-0.1, -0.05) is 6.07 Å². The molecule has 1 aromatic heterocycles. The van der Waals surface area contributed by atoms with Crippen LogP contribution in [0, 0.1) is 5.92 Å². The first-order valence-corrected chi connectivity index (χ1v) is 8.19. The lowest BCUT2D eigenvalue weighted by Gasteiger charge is -2.25. The van der Waals surface area contributed by atoms with Gasteiger partial charge in [0.2, 0.25) is 0 Å². The second-order valence-corrected chi connectivity index (χ2v) is 6.39. The second kappa shape index (κ2) is 6.07. The molecule has 0 bridgehead atoms. The van der Waals surface area contributed by atoms with E-state index in [1.165, 1.54) is 18.4 Å². The van der Waals surface area contributed by atoms with Gasteiger partial charge in [-0.2, -0.15) is 5.10 Å². The molecule has 0 spiro atoms. The average molecular weight is 311 g/mol. The van der Waals surface area contributed by atoms with E-state index in [4.69, 9.17) is 9.47 Å². The number of aromatic nitrogens is 2. The third-order valence-corrected chi connectivity index (χ3v) is 4.40. The molecule has 5 heteroatoms. The standard InChI is InChI=1S/C18H21N3O2/c1-22-16-6-2-13-8-12(11-23-17(13)10-16)9-15-5-7-18(21-20-15)19-14-3-4-14/h2,5-7,10,12,14H,3-4,8-9,11H2,1H3,(H,19,21). The molecule has 1 aromatic carbocycles. The Morgan fingerprint density at radius 1 is 1.22 bits per heavy atom. The smallest absolute Gasteiger partial charge is 0.148 e. The normalized spacial score (nSPS) is 19.6. The van der Waals surface area contributed by atoms with Crippen molar-refractivity contribution in [1.82, 2.24) is 10.2 Å². The summed E-state index contributed by atoms with van der Waals surface area (Å²) in [4.78, 5) is 0. The van der Waals surface area contributed by atoms with Crippen molar-refractivity contribution in [2.75, 3.05) is 19.0 Å². The van der Waals surface area contributed by atoms with E-state index in [-0.39, 0.29) is 0 Å². The van der Waals surface area contributed by atoms with E-state index in [1.54, 1.807) is 7.11 Å². The average Bonchev–Trinajstić information content (AvgIpc) is 3.40. The lowest BCUT2D eigenvalue weighted by molar-refractivity contribution is 0.219. The van der Waals surface area contributed by atoms with Crippen molar-refractivity contribution in [1.29, 1.82) is 0 Å². The molecule has 1 aliphatic heterocycles. The number of nitrogens with one attached hydrogen (secondary N) is 1. The van der Waals surface area contributed by atoms with Gasteiger partial charge in [0.1, 0.15) is 17.3 Å². The van der Waals surface area contributed by atoms with Gasteiger partial charge in [-0.15, -0.1) is 5.10 Å². The topological polar surface area (TPSA) is 56.3 Å². The molecule has 0 radical (unpaired) electrons. The molecule has 1 unspecified atom stereocenters. The lowest BCUT2D eigenvalue weighted by atomic mass is 9.92. The van der Waals surface area contributed by atoms with E-state index in [2.05, 4.69) is 27.6 Å². The molecular formula is C18H21N3O2. The van der Waals surface area contributed by atoms with Crippen LogP contribution in [0.5, 0.6) is 11.5 Å². The molecule has 1 aliphatic carbocycles. The van der Waals surface area contributed by atoms with Gasteiger partial charge in [0.25, 0.3) is 0 Å². The summed E-state index contributed by atoms with van der Waals surface area (Å²) in [6.07, 6.45) is 4.38. The van der Waals surface area contributed by atoms with E-state index >= 15 is 0 Å². The molecule has 1 saturated carbocycles. The Kier molecular flexibility index (Phi) is 3.77. The molecule has 1 atom stereocenters. The molecule has 2 aliphatic rings. The molecule has 0 amide bonds. The highest BCUT2D eigenvalue weighted by Crippen LogP contribution is 2.32. The van der Waals surface area contributed by atoms with Crippen molar-refractivity contribution >= 4 is 5.82 Å². The number of hydrogen-bond acceptors (Lipinski definition) is 5. The Balaban J connectivity index is 1.39. The van der Waals surface area contributed by atoms with Crippen molar-refractivity contribution in [3.8, 4) is 11.5 Å². The Morgan fingerprint density at radius 2 is 2.13 bits per heavy atom. The van der Waals surface area contributed by atoms with Gasteiger partial charge in [0.05, 0.1) is 19.4 Å². The summed E-state index contributed by atoms with van der Waals surface area (Å²) in [6, 6.07) is 10.8. The number of rotatable bonds is 5. The van der Waals surface area contributed by atoms with Gasteiger partial charge in [-0.3, -0.25) is 0 Å². The van der Waals surface area contributed by atoms with Crippen LogP contribution in [0.3, 0.4) is 0 Å². The molecule has 2 heterocycles. The van der Waals surface area contributed by atoms with Crippen LogP contribution in [0.15, 0.2) is 30.3 Å². The van der Waals surface area contributed by atoms with Gasteiger partial charge in [-0.05, 0) is 49.4 Å². The number of hydrogen-bond donors (Lipinski definition) is 1. The highest BCUT2D eigenvalue weighted by atomic mass is 16.5. The molecule has 1 fully saturated rings. The van der Waals surface area contributed by atoms with Gasteiger partial charge in [0.15, 0.2) is 0 Å².